The maximum Gasteiger partial charge on any atom is 0.305 e. The zero-order chi connectivity index (χ0) is 85.5. The van der Waals surface area contributed by atoms with Gasteiger partial charge >= 0.3 is 11.9 Å². The molecule has 3 aliphatic rings. The highest BCUT2D eigenvalue weighted by molar-refractivity contribution is 8.76. The van der Waals surface area contributed by atoms with Crippen LogP contribution in [0.1, 0.15) is 118 Å². The Bertz CT molecular complexity index is 3500. The molecule has 0 aromatic rings. The number of aliphatic hydroxyl groups excluding tert-OH is 1. The Morgan fingerprint density at radius 1 is 0.596 bits per heavy atom. The number of primary amides is 1. The van der Waals surface area contributed by atoms with Crippen LogP contribution >= 0.6 is 33.3 Å². The molecule has 114 heavy (non-hydrogen) atoms. The van der Waals surface area contributed by atoms with Crippen LogP contribution in [0.2, 0.25) is 0 Å². The van der Waals surface area contributed by atoms with Crippen molar-refractivity contribution in [3.8, 4) is 0 Å². The second-order valence-corrected chi connectivity index (χ2v) is 30.6. The molecule has 0 radical (unpaired) electrons. The Morgan fingerprint density at radius 2 is 1.17 bits per heavy atom. The molecule has 0 aliphatic carbocycles. The molecule has 0 spiro atoms. The van der Waals surface area contributed by atoms with Gasteiger partial charge in [-0.3, -0.25) is 101 Å². The number of aliphatic hydroxyl groups is 1. The van der Waals surface area contributed by atoms with Gasteiger partial charge in [0.1, 0.15) is 78.5 Å². The molecule has 46 nitrogen and oxygen atoms in total. The number of aliphatic carboxylic acids is 2. The maximum absolute atomic E-state index is 15.1. The van der Waals surface area contributed by atoms with Crippen molar-refractivity contribution in [2.75, 3.05) is 75.9 Å². The minimum absolute atomic E-state index is 0.00319. The number of hydrogen-bond donors (Lipinski definition) is 23. The van der Waals surface area contributed by atoms with Crippen molar-refractivity contribution in [3.05, 3.63) is 0 Å². The summed E-state index contributed by atoms with van der Waals surface area (Å²) in [4.78, 5) is 261. The Morgan fingerprint density at radius 3 is 1.75 bits per heavy atom. The summed E-state index contributed by atoms with van der Waals surface area (Å²) in [5.41, 5.74) is 38.5. The average molecular weight is 1670 g/mol. The summed E-state index contributed by atoms with van der Waals surface area (Å²) in [5.74, 6) is -21.2. The molecule has 3 aliphatic heterocycles. The molecule has 0 aromatic carbocycles. The van der Waals surface area contributed by atoms with Crippen molar-refractivity contribution in [2.45, 2.75) is 196 Å². The Kier molecular flexibility index (Phi) is 43.1. The van der Waals surface area contributed by atoms with Crippen molar-refractivity contribution in [3.63, 3.8) is 0 Å². The number of fused-ring (bicyclic) bond motifs is 1. The van der Waals surface area contributed by atoms with E-state index in [-0.39, 0.29) is 133 Å². The lowest BCUT2D eigenvalue weighted by atomic mass is 10.0. The Hall–Kier alpha value is -10.7. The van der Waals surface area contributed by atoms with Gasteiger partial charge in [-0.2, -0.15) is 11.8 Å². The number of amides is 16. The molecule has 0 aromatic heterocycles. The van der Waals surface area contributed by atoms with E-state index in [0.717, 1.165) is 33.4 Å². The van der Waals surface area contributed by atoms with Crippen LogP contribution in [0.4, 0.5) is 0 Å². The fourth-order valence-electron chi connectivity index (χ4n) is 11.7. The zero-order valence-electron chi connectivity index (χ0n) is 64.0. The van der Waals surface area contributed by atoms with Crippen molar-refractivity contribution in [1.29, 1.82) is 0 Å². The van der Waals surface area contributed by atoms with Crippen LogP contribution in [0.3, 0.4) is 0 Å². The Labute approximate surface area is 668 Å². The molecular formula is C65H109N25O21S3. The number of carboxylic acids is 2. The molecule has 3 fully saturated rings. The van der Waals surface area contributed by atoms with Gasteiger partial charge < -0.3 is 134 Å². The first-order chi connectivity index (χ1) is 53.8. The first-order valence-corrected chi connectivity index (χ1v) is 40.3. The van der Waals surface area contributed by atoms with Gasteiger partial charge in [0, 0.05) is 51.2 Å². The van der Waals surface area contributed by atoms with E-state index in [0.29, 0.717) is 0 Å². The van der Waals surface area contributed by atoms with E-state index in [1.807, 2.05) is 0 Å². The fourth-order valence-corrected chi connectivity index (χ4v) is 14.5. The number of carbonyl (C=O) groups is 18. The van der Waals surface area contributed by atoms with Crippen LogP contribution in [0.15, 0.2) is 15.0 Å². The maximum atomic E-state index is 15.1. The first kappa shape index (κ1) is 97.5. The topological polar surface area (TPSA) is 750 Å². The normalized spacial score (nSPS) is 21.5. The van der Waals surface area contributed by atoms with Crippen LogP contribution < -0.4 is 109 Å². The molecule has 16 amide bonds. The van der Waals surface area contributed by atoms with E-state index in [9.17, 15) is 96.8 Å². The van der Waals surface area contributed by atoms with Gasteiger partial charge in [-0.15, -0.1) is 0 Å². The minimum atomic E-state index is -1.98. The number of guanidine groups is 3. The van der Waals surface area contributed by atoms with Crippen LogP contribution in [-0.2, 0) is 86.3 Å². The number of nitrogens with one attached hydrogen (secondary N) is 13. The zero-order valence-corrected chi connectivity index (χ0v) is 66.4. The van der Waals surface area contributed by atoms with Gasteiger partial charge in [-0.25, -0.2) is 0 Å². The van der Waals surface area contributed by atoms with Crippen molar-refractivity contribution < 1.29 is 102 Å². The smallest absolute Gasteiger partial charge is 0.305 e. The molecule has 3 saturated heterocycles. The summed E-state index contributed by atoms with van der Waals surface area (Å²) in [6.07, 6.45) is -0.156. The first-order valence-electron chi connectivity index (χ1n) is 36.5. The fraction of sp³-hybridized carbons (Fsp3) is 0.677. The molecule has 0 unspecified atom stereocenters. The number of thioether (sulfide) groups is 1. The quantitative estimate of drug-likeness (QED) is 0.0119. The molecule has 49 heteroatoms. The number of carboxylic acid groups (broad SMARTS) is 2. The second-order valence-electron chi connectivity index (χ2n) is 27.1. The number of carbonyl (C=O) groups excluding carboxylic acids is 16. The molecule has 3 rings (SSSR count). The highest BCUT2D eigenvalue weighted by atomic mass is 33.1. The van der Waals surface area contributed by atoms with Crippen LogP contribution in [0.25, 0.3) is 0 Å². The van der Waals surface area contributed by atoms with Crippen molar-refractivity contribution in [2.24, 2.45) is 61.0 Å². The van der Waals surface area contributed by atoms with Gasteiger partial charge in [0.15, 0.2) is 17.9 Å². The minimum Gasteiger partial charge on any atom is -0.481 e. The molecule has 13 atom stereocenters. The third-order valence-electron chi connectivity index (χ3n) is 17.3. The monoisotopic (exact) mass is 1670 g/mol. The van der Waals surface area contributed by atoms with Gasteiger partial charge in [-0.1, -0.05) is 35.4 Å². The average Bonchev–Trinajstić information content (AvgIpc) is 1.66. The van der Waals surface area contributed by atoms with Crippen LogP contribution in [-0.4, -0.2) is 304 Å². The van der Waals surface area contributed by atoms with Gasteiger partial charge in [0.2, 0.25) is 94.5 Å². The molecule has 0 bridgehead atoms. The SMILES string of the molecule is CSCC[C@@H]1NC(=O)[C@@H](NC(=O)[C@H](CC(C)C)NC(=O)CNC(=O)[C@H](CO)NC(=O)[C@H](CC(=O)O)NC(C)=O)CSSC[C@@H](C(=O)N[C@@H](CC(=O)O)C(=O)N2CCC[C@H]2C(=O)N[C@@H](CCCN=C(N)N)C(N)=O)NC(=O)CNC(=O)[C@H](CCCN=C(N)N)NC(=O)[C@H](C)NC(=O)[C@H](CCCN=C(N)N)NC(=O)[C@@H]2CCCN2C1=O. The third kappa shape index (κ3) is 35.5. The molecule has 0 saturated carbocycles. The number of aliphatic imine (C=N–C) groups is 3. The summed E-state index contributed by atoms with van der Waals surface area (Å²) >= 11 is 1.27. The summed E-state index contributed by atoms with van der Waals surface area (Å²) < 4.78 is 0. The van der Waals surface area contributed by atoms with E-state index in [4.69, 9.17) is 40.1 Å². The lowest BCUT2D eigenvalue weighted by Crippen LogP contribution is -2.60. The third-order valence-corrected chi connectivity index (χ3v) is 20.4. The van der Waals surface area contributed by atoms with Crippen molar-refractivity contribution in [1.82, 2.24) is 78.9 Å². The van der Waals surface area contributed by atoms with E-state index >= 15 is 4.79 Å². The summed E-state index contributed by atoms with van der Waals surface area (Å²) in [5, 5.41) is 61.0. The highest BCUT2D eigenvalue weighted by Crippen LogP contribution is 2.26. The summed E-state index contributed by atoms with van der Waals surface area (Å²) in [6.45, 7) is 2.40. The summed E-state index contributed by atoms with van der Waals surface area (Å²) in [7, 11) is 1.50. The Balaban J connectivity index is 2.23. The van der Waals surface area contributed by atoms with E-state index in [1.165, 1.54) is 23.6 Å². The summed E-state index contributed by atoms with van der Waals surface area (Å²) in [6, 6.07) is -20.3. The predicted octanol–water partition coefficient (Wildman–Crippen LogP) is -10.6. The number of likely N-dealkylation sites (tertiary alicyclic amines) is 1. The molecular weight excluding hydrogens is 1560 g/mol. The lowest BCUT2D eigenvalue weighted by molar-refractivity contribution is -0.146. The van der Waals surface area contributed by atoms with Crippen LogP contribution in [0, 0.1) is 5.92 Å². The van der Waals surface area contributed by atoms with Gasteiger partial charge in [0.05, 0.1) is 32.5 Å². The molecule has 638 valence electrons. The van der Waals surface area contributed by atoms with E-state index < -0.39 is 235 Å². The molecule has 3 heterocycles. The highest BCUT2D eigenvalue weighted by Gasteiger charge is 2.43. The lowest BCUT2D eigenvalue weighted by Gasteiger charge is -2.31. The predicted molar refractivity (Wildman–Crippen MR) is 416 cm³/mol. The number of nitrogens with zero attached hydrogens (tertiary/aromatic N) is 5. The van der Waals surface area contributed by atoms with E-state index in [1.54, 1.807) is 20.1 Å². The number of rotatable bonds is 37. The van der Waals surface area contributed by atoms with Gasteiger partial charge in [-0.05, 0) is 102 Å². The van der Waals surface area contributed by atoms with Gasteiger partial charge in [0.25, 0.3) is 0 Å². The van der Waals surface area contributed by atoms with Crippen molar-refractivity contribution >= 4 is 158 Å². The standard InChI is InChI=1S/C65H109N25O21S3/c1-31(2)23-38(80-46(93)26-77-53(102)41(28-91)87-56(105)39(24-48(95)96)79-33(4)92)55(104)88-43-30-114-113-29-42(57(106)86-40(25-49(97)98)62(111)90-21-10-14-44(90)59(108)82-34(50(66)99)11-6-17-73-63(67)68)81-47(94)27-76-52(101)35(12-7-18-74-64(69)70)83-51(100)32(3)78-54(103)36(13-8-19-75-65(71)72)84-60(109)45-15-9-20-89(45)61(110)37(16-22-112-5)85-58(43)107/h31-32,34-45,91H,6-30H2,1-5H3,(H2,66,99)(H,76,101)(H,77,102)(H,78,103)(H,79,92)(H,80,93)(H,81,94)(H,82,108)(H,83,100)(H,84,109)(H,85,107)(H,86,106)(H,87,105)(H,88,104)(H,95,96)(H,97,98)(H4,67,68,73)(H4,69,70,74)(H4,71,72,75)/t32-,34-,35-,36-,37-,38-,39-,40-,41-,42-,43-,44-,45-/m0/s1. The largest absolute Gasteiger partial charge is 0.481 e. The van der Waals surface area contributed by atoms with E-state index in [2.05, 4.69) is 84.1 Å². The molecule has 30 N–H and O–H groups in total. The second kappa shape index (κ2) is 50.4. The van der Waals surface area contributed by atoms with Crippen LogP contribution in [0.5, 0.6) is 0 Å². The number of hydrogen-bond acceptors (Lipinski definition) is 25. The number of nitrogens with two attached hydrogens (primary N) is 7.